The van der Waals surface area contributed by atoms with Crippen LogP contribution < -0.4 is 48.2 Å². The zero-order valence-electron chi connectivity index (χ0n) is 83.5. The number of aromatic amines is 2. The van der Waals surface area contributed by atoms with Gasteiger partial charge in [0.2, 0.25) is 0 Å². The van der Waals surface area contributed by atoms with Crippen molar-refractivity contribution in [1.29, 1.82) is 0 Å². The molecule has 9 aromatic rings. The topological polar surface area (TPSA) is 471 Å². The molecule has 14 rings (SSSR count). The van der Waals surface area contributed by atoms with Gasteiger partial charge in [-0.05, 0) is 267 Å². The van der Waals surface area contributed by atoms with Gasteiger partial charge in [0, 0.05) is 141 Å². The monoisotopic (exact) mass is 1960 g/mol. The Labute approximate surface area is 818 Å². The summed E-state index contributed by atoms with van der Waals surface area (Å²) in [7, 11) is 0. The lowest BCUT2D eigenvalue weighted by Gasteiger charge is -2.25. The van der Waals surface area contributed by atoms with E-state index < -0.39 is 46.1 Å². The van der Waals surface area contributed by atoms with Gasteiger partial charge in [-0.2, -0.15) is 5.10 Å². The molecule has 742 valence electrons. The number of carbonyl (C=O) groups is 8. The first-order valence-corrected chi connectivity index (χ1v) is 50.7. The number of rotatable bonds is 30. The van der Waals surface area contributed by atoms with Crippen LogP contribution in [0.3, 0.4) is 0 Å². The van der Waals surface area contributed by atoms with E-state index in [2.05, 4.69) is 160 Å². The number of aromatic nitrogens is 11. The minimum absolute atomic E-state index is 0.0205. The van der Waals surface area contributed by atoms with Crippen LogP contribution in [-0.4, -0.2) is 248 Å². The molecule has 4 aliphatic heterocycles. The van der Waals surface area contributed by atoms with Gasteiger partial charge in [0.05, 0.1) is 42.9 Å². The highest BCUT2D eigenvalue weighted by atomic mass is 32.1. The molecule has 1 aliphatic carbocycles. The summed E-state index contributed by atoms with van der Waals surface area (Å²) in [5.74, 6) is 2.25. The molecule has 0 unspecified atom stereocenters. The van der Waals surface area contributed by atoms with Crippen molar-refractivity contribution in [2.75, 3.05) is 73.6 Å². The van der Waals surface area contributed by atoms with Crippen molar-refractivity contribution in [3.63, 3.8) is 0 Å². The Morgan fingerprint density at radius 3 is 1.04 bits per heavy atom. The SMILES string of the molecule is CCC(C)(C)Nc1cc(C)c(-c2sc(C(=O)NCC(C)(C)O)nc2C(=O)N2CCC[C@@H]2C)cn1.Cc1cc(NC(C)(C)C)ncc1-c1sc(C(=O)NCc2n[nH]c(=O)[nH]2)nc1C(=O)N1CCC[C@@H]1C.Cc1cc(NCC2CCC2)ncc1-c1sc(C(=O)NCC(C)(C)O)nc1C(=O)N1CCC[C@@H]1C.Cc1cc(N[C@H](C)C(C)C)ncc1-c1sc(C(=O)NCC(C)(C)O)nc1C(=O)N1CCC[C@@H]1C. The number of carbonyl (C=O) groups excluding carboxylic acids is 8. The number of nitrogens with one attached hydrogen (secondary N) is 10. The van der Waals surface area contributed by atoms with E-state index in [0.29, 0.717) is 63.1 Å². The summed E-state index contributed by atoms with van der Waals surface area (Å²) in [4.78, 5) is 165. The molecule has 0 aromatic carbocycles. The van der Waals surface area contributed by atoms with E-state index >= 15 is 0 Å². The molecule has 5 aliphatic rings. The quantitative estimate of drug-likeness (QED) is 0.0199. The van der Waals surface area contributed by atoms with E-state index in [4.69, 9.17) is 0 Å². The van der Waals surface area contributed by atoms with Gasteiger partial charge in [0.1, 0.15) is 51.9 Å². The lowest BCUT2D eigenvalue weighted by atomic mass is 9.85. The molecule has 13 heterocycles. The van der Waals surface area contributed by atoms with Gasteiger partial charge in [-0.1, -0.05) is 27.2 Å². The number of H-pyrrole nitrogens is 2. The van der Waals surface area contributed by atoms with Crippen LogP contribution in [0.4, 0.5) is 23.3 Å². The molecular weight excluding hydrogens is 1820 g/mol. The normalized spacial score (nSPS) is 17.1. The second-order valence-electron chi connectivity index (χ2n) is 40.7. The lowest BCUT2D eigenvalue weighted by Crippen LogP contribution is -2.38. The molecule has 0 bridgehead atoms. The fourth-order valence-electron chi connectivity index (χ4n) is 15.9. The van der Waals surface area contributed by atoms with Gasteiger partial charge in [-0.3, -0.25) is 43.3 Å². The van der Waals surface area contributed by atoms with E-state index in [1.165, 1.54) is 53.3 Å². The molecular formula is C98H139N23O12S4. The summed E-state index contributed by atoms with van der Waals surface area (Å²) < 4.78 is 0. The third-order valence-electron chi connectivity index (χ3n) is 24.8. The van der Waals surface area contributed by atoms with Gasteiger partial charge in [0.15, 0.2) is 20.0 Å². The molecule has 8 amide bonds. The lowest BCUT2D eigenvalue weighted by molar-refractivity contribution is 0.0692. The predicted octanol–water partition coefficient (Wildman–Crippen LogP) is 14.9. The maximum Gasteiger partial charge on any atom is 0.340 e. The van der Waals surface area contributed by atoms with Gasteiger partial charge in [-0.15, -0.1) is 45.3 Å². The summed E-state index contributed by atoms with van der Waals surface area (Å²) in [5.41, 5.74) is 4.22. The summed E-state index contributed by atoms with van der Waals surface area (Å²) in [6.45, 7) is 48.6. The number of thiazole rings is 4. The third-order valence-corrected chi connectivity index (χ3v) is 29.2. The average molecular weight is 1960 g/mol. The fourth-order valence-corrected chi connectivity index (χ4v) is 20.1. The molecule has 137 heavy (non-hydrogen) atoms. The number of likely N-dealkylation sites (tertiary alicyclic amines) is 4. The number of pyridine rings is 4. The number of anilines is 4. The molecule has 9 aromatic heterocycles. The second kappa shape index (κ2) is 45.2. The van der Waals surface area contributed by atoms with Crippen molar-refractivity contribution < 1.29 is 53.7 Å². The highest BCUT2D eigenvalue weighted by molar-refractivity contribution is 7.18. The van der Waals surface area contributed by atoms with Crippen LogP contribution in [-0.2, 0) is 6.54 Å². The molecule has 0 radical (unpaired) electrons. The Hall–Kier alpha value is -11.1. The minimum Gasteiger partial charge on any atom is -0.389 e. The molecule has 35 nitrogen and oxygen atoms in total. The molecule has 5 fully saturated rings. The number of aliphatic hydroxyl groups is 3. The Morgan fingerprint density at radius 1 is 0.445 bits per heavy atom. The Kier molecular flexibility index (Phi) is 35.1. The highest BCUT2D eigenvalue weighted by Gasteiger charge is 2.39. The molecule has 0 spiro atoms. The molecule has 39 heteroatoms. The highest BCUT2D eigenvalue weighted by Crippen LogP contribution is 2.42. The Balaban J connectivity index is 0.000000175. The van der Waals surface area contributed by atoms with Crippen molar-refractivity contribution in [3.8, 4) is 41.8 Å². The maximum absolute atomic E-state index is 13.5. The zero-order valence-corrected chi connectivity index (χ0v) is 86.7. The van der Waals surface area contributed by atoms with E-state index in [1.807, 2.05) is 99.3 Å². The first-order chi connectivity index (χ1) is 64.3. The summed E-state index contributed by atoms with van der Waals surface area (Å²) in [6.07, 6.45) is 19.4. The number of hydrogen-bond acceptors (Lipinski definition) is 29. The van der Waals surface area contributed by atoms with Crippen molar-refractivity contribution in [3.05, 3.63) is 130 Å². The largest absolute Gasteiger partial charge is 0.389 e. The Bertz CT molecular complexity index is 5860. The van der Waals surface area contributed by atoms with E-state index in [1.54, 1.807) is 66.3 Å². The van der Waals surface area contributed by atoms with Gasteiger partial charge in [-0.25, -0.2) is 49.8 Å². The minimum atomic E-state index is -1.05. The molecule has 5 atom stereocenters. The van der Waals surface area contributed by atoms with Crippen LogP contribution in [0.15, 0.2) is 53.8 Å². The summed E-state index contributed by atoms with van der Waals surface area (Å²) in [5, 5.41) is 61.2. The third kappa shape index (κ3) is 28.6. The fraction of sp³-hybridized carbons (Fsp3) is 0.571. The Morgan fingerprint density at radius 2 is 0.759 bits per heavy atom. The summed E-state index contributed by atoms with van der Waals surface area (Å²) in [6, 6.07) is 8.66. The van der Waals surface area contributed by atoms with Crippen LogP contribution >= 0.6 is 45.3 Å². The van der Waals surface area contributed by atoms with Crippen LogP contribution in [0.1, 0.15) is 318 Å². The van der Waals surface area contributed by atoms with Crippen LogP contribution in [0.2, 0.25) is 0 Å². The van der Waals surface area contributed by atoms with Crippen molar-refractivity contribution in [2.45, 2.75) is 301 Å². The second-order valence-corrected chi connectivity index (χ2v) is 44.7. The van der Waals surface area contributed by atoms with E-state index in [0.717, 1.165) is 149 Å². The maximum atomic E-state index is 13.5. The van der Waals surface area contributed by atoms with Crippen LogP contribution in [0, 0.1) is 39.5 Å². The number of hydrogen-bond donors (Lipinski definition) is 13. The van der Waals surface area contributed by atoms with Gasteiger partial charge < -0.3 is 77.5 Å². The molecule has 1 saturated carbocycles. The first-order valence-electron chi connectivity index (χ1n) is 47.5. The van der Waals surface area contributed by atoms with Gasteiger partial charge >= 0.3 is 5.69 Å². The van der Waals surface area contributed by atoms with E-state index in [9.17, 15) is 58.5 Å². The van der Waals surface area contributed by atoms with Crippen molar-refractivity contribution >= 4 is 116 Å². The van der Waals surface area contributed by atoms with Crippen molar-refractivity contribution in [2.24, 2.45) is 11.8 Å². The number of nitrogens with zero attached hydrogens (tertiary/aromatic N) is 13. The first kappa shape index (κ1) is 106. The number of aryl methyl sites for hydroxylation is 4. The van der Waals surface area contributed by atoms with E-state index in [-0.39, 0.29) is 128 Å². The average Bonchev–Trinajstić information content (AvgIpc) is 1.65. The standard InChI is InChI=1S/C25H35N5O3S.2C25H37N5O3S.C23H30N8O3S/c1-15-11-19(26-12-17-8-5-9-17)27-13-18(15)21-20(24(32)30-10-6-7-16(30)2)29-23(34-21)22(31)28-14-25(3,4)33;1-14(2)17(5)28-19-11-15(3)18(12-26-19)21-20(24(32)30-10-8-9-16(30)4)29-23(34-21)22(31)27-13-25(6,7)33;1-8-24(4,5)29-18-12-15(2)17(13-26-18)20-19(23(32)30-11-9-10-16(30)3)28-22(34-20)21(31)27-14-25(6,7)33;1-12-9-15(28-23(3,4)5)24-10-14(12)18-17(21(33)31-8-6-7-13(31)2)27-20(35-18)19(32)25-11-16-26-22(34)30-29-16/h11,13,16-17,33H,5-10,12,14H2,1-4H3,(H,26,27)(H,28,31);11-12,14,16-17,33H,8-10,13H2,1-7H3,(H,26,28)(H,27,31);12-13,16,33H,8-11,14H2,1-7H3,(H,26,29)(H,27,31);9-10,13H,6-8,11H2,1-5H3,(H,24,28)(H,25,32)(H2,26,29,30,34)/t16-;16-,17+;16-;13-/m0000/s1. The van der Waals surface area contributed by atoms with Crippen LogP contribution in [0.25, 0.3) is 41.8 Å². The molecule has 13 N–H and O–H groups in total. The van der Waals surface area contributed by atoms with Crippen molar-refractivity contribution in [1.82, 2.24) is 95.9 Å². The zero-order chi connectivity index (χ0) is 100. The van der Waals surface area contributed by atoms with Gasteiger partial charge in [0.25, 0.3) is 47.3 Å². The predicted molar refractivity (Wildman–Crippen MR) is 541 cm³/mol. The molecule has 4 saturated heterocycles. The summed E-state index contributed by atoms with van der Waals surface area (Å²) >= 11 is 4.72. The smallest absolute Gasteiger partial charge is 0.340 e. The van der Waals surface area contributed by atoms with Crippen LogP contribution in [0.5, 0.6) is 0 Å². The number of amides is 8.